The maximum absolute atomic E-state index is 13.5. The third-order valence-electron chi connectivity index (χ3n) is 2.59. The highest BCUT2D eigenvalue weighted by Crippen LogP contribution is 2.15. The van der Waals surface area contributed by atoms with Gasteiger partial charge in [-0.15, -0.1) is 0 Å². The first-order valence-corrected chi connectivity index (χ1v) is 6.56. The third kappa shape index (κ3) is 7.35. The third-order valence-corrected chi connectivity index (χ3v) is 2.59. The van der Waals surface area contributed by atoms with E-state index in [2.05, 4.69) is 11.6 Å². The number of amidine groups is 1. The molecule has 126 valence electrons. The Morgan fingerprint density at radius 1 is 1.35 bits per heavy atom. The van der Waals surface area contributed by atoms with Gasteiger partial charge >= 0.3 is 6.18 Å². The molecule has 0 aliphatic heterocycles. The Bertz CT molecular complexity index is 592. The van der Waals surface area contributed by atoms with Gasteiger partial charge in [0, 0.05) is 0 Å². The van der Waals surface area contributed by atoms with E-state index in [1.54, 1.807) is 12.1 Å². The van der Waals surface area contributed by atoms with Crippen molar-refractivity contribution in [2.24, 2.45) is 10.7 Å². The highest BCUT2D eigenvalue weighted by Gasteiger charge is 2.27. The smallest absolute Gasteiger partial charge is 0.405 e. The van der Waals surface area contributed by atoms with Crippen molar-refractivity contribution in [2.75, 3.05) is 6.54 Å². The second kappa shape index (κ2) is 8.21. The number of benzene rings is 1. The molecule has 23 heavy (non-hydrogen) atoms. The van der Waals surface area contributed by atoms with Gasteiger partial charge in [-0.1, -0.05) is 36.4 Å². The molecule has 0 bridgehead atoms. The normalized spacial score (nSPS) is 13.3. The Labute approximate surface area is 131 Å². The van der Waals surface area contributed by atoms with Crippen LogP contribution in [-0.4, -0.2) is 18.7 Å². The highest BCUT2D eigenvalue weighted by molar-refractivity contribution is 5.72. The van der Waals surface area contributed by atoms with Gasteiger partial charge < -0.3 is 15.8 Å². The Hall–Kier alpha value is -2.51. The average Bonchev–Trinajstić information content (AvgIpc) is 2.49. The van der Waals surface area contributed by atoms with E-state index in [1.807, 2.05) is 24.4 Å². The molecule has 0 fully saturated rings. The second-order valence-electron chi connectivity index (χ2n) is 4.59. The van der Waals surface area contributed by atoms with Crippen LogP contribution in [0.3, 0.4) is 0 Å². The molecule has 1 rings (SSSR count). The average molecular weight is 331 g/mol. The highest BCUT2D eigenvalue weighted by atomic mass is 19.4. The van der Waals surface area contributed by atoms with Crippen LogP contribution in [0.15, 0.2) is 53.6 Å². The zero-order valence-corrected chi connectivity index (χ0v) is 12.5. The summed E-state index contributed by atoms with van der Waals surface area (Å²) < 4.78 is 55.1. The first-order valence-electron chi connectivity index (χ1n) is 6.56. The SMILES string of the molecule is C=C/C(F)=C(\N=C(N)OCc1ccc(C)cc1)NCC(F)(F)F. The molecular weight excluding hydrogens is 314 g/mol. The van der Waals surface area contributed by atoms with Crippen molar-refractivity contribution in [1.29, 1.82) is 0 Å². The summed E-state index contributed by atoms with van der Waals surface area (Å²) in [5.74, 6) is -1.77. The largest absolute Gasteiger partial charge is 0.460 e. The summed E-state index contributed by atoms with van der Waals surface area (Å²) >= 11 is 0. The van der Waals surface area contributed by atoms with E-state index in [4.69, 9.17) is 10.5 Å². The molecule has 4 nitrogen and oxygen atoms in total. The summed E-state index contributed by atoms with van der Waals surface area (Å²) in [5.41, 5.74) is 7.30. The summed E-state index contributed by atoms with van der Waals surface area (Å²) in [5, 5.41) is 1.81. The van der Waals surface area contributed by atoms with E-state index < -0.39 is 30.4 Å². The predicted molar refractivity (Wildman–Crippen MR) is 80.0 cm³/mol. The van der Waals surface area contributed by atoms with Gasteiger partial charge in [0.05, 0.1) is 0 Å². The fourth-order valence-corrected chi connectivity index (χ4v) is 1.44. The minimum atomic E-state index is -4.53. The zero-order valence-electron chi connectivity index (χ0n) is 12.5. The number of nitrogens with two attached hydrogens (primary N) is 1. The number of aryl methyl sites for hydroxylation is 1. The van der Waals surface area contributed by atoms with Crippen LogP contribution in [0.25, 0.3) is 0 Å². The molecule has 0 heterocycles. The Kier molecular flexibility index (Phi) is 6.62. The summed E-state index contributed by atoms with van der Waals surface area (Å²) in [6.45, 7) is 3.64. The molecule has 0 amide bonds. The molecule has 0 atom stereocenters. The van der Waals surface area contributed by atoms with Gasteiger partial charge in [0.1, 0.15) is 13.2 Å². The molecule has 0 aliphatic carbocycles. The van der Waals surface area contributed by atoms with Crippen LogP contribution in [0.1, 0.15) is 11.1 Å². The molecule has 0 radical (unpaired) electrons. The van der Waals surface area contributed by atoms with Gasteiger partial charge in [0.25, 0.3) is 6.02 Å². The number of aliphatic imine (C=N–C) groups is 1. The van der Waals surface area contributed by atoms with Gasteiger partial charge in [-0.05, 0) is 18.6 Å². The van der Waals surface area contributed by atoms with Crippen LogP contribution in [0, 0.1) is 6.92 Å². The molecule has 0 saturated carbocycles. The van der Waals surface area contributed by atoms with Gasteiger partial charge in [0.2, 0.25) is 0 Å². The summed E-state index contributed by atoms with van der Waals surface area (Å²) in [7, 11) is 0. The minimum Gasteiger partial charge on any atom is -0.460 e. The zero-order chi connectivity index (χ0) is 17.5. The number of nitrogens with zero attached hydrogens (tertiary/aromatic N) is 1. The van der Waals surface area contributed by atoms with E-state index in [0.717, 1.165) is 17.2 Å². The number of halogens is 4. The van der Waals surface area contributed by atoms with Crippen LogP contribution < -0.4 is 11.1 Å². The van der Waals surface area contributed by atoms with Crippen LogP contribution in [0.4, 0.5) is 17.6 Å². The number of nitrogens with one attached hydrogen (secondary N) is 1. The quantitative estimate of drug-likeness (QED) is 0.364. The molecule has 8 heteroatoms. The molecule has 0 aromatic heterocycles. The van der Waals surface area contributed by atoms with Crippen molar-refractivity contribution < 1.29 is 22.3 Å². The number of hydrogen-bond donors (Lipinski definition) is 2. The van der Waals surface area contributed by atoms with Crippen LogP contribution >= 0.6 is 0 Å². The van der Waals surface area contributed by atoms with E-state index in [9.17, 15) is 17.6 Å². The molecule has 1 aromatic rings. The minimum absolute atomic E-state index is 0.0534. The Balaban J connectivity index is 2.73. The number of alkyl halides is 3. The molecule has 0 aliphatic rings. The number of allylic oxidation sites excluding steroid dienone is 2. The van der Waals surface area contributed by atoms with E-state index in [-0.39, 0.29) is 6.61 Å². The standard InChI is InChI=1S/C15H17F4N3O/c1-3-12(16)13(21-9-15(17,18)19)22-14(20)23-8-11-6-4-10(2)5-7-11/h3-7,21H,1,8-9H2,2H3,(H2,20,22)/b13-12+. The van der Waals surface area contributed by atoms with Gasteiger partial charge in [-0.2, -0.15) is 18.2 Å². The Morgan fingerprint density at radius 3 is 2.48 bits per heavy atom. The van der Waals surface area contributed by atoms with Gasteiger partial charge in [0.15, 0.2) is 11.6 Å². The fourth-order valence-electron chi connectivity index (χ4n) is 1.44. The lowest BCUT2D eigenvalue weighted by molar-refractivity contribution is -0.123. The van der Waals surface area contributed by atoms with Gasteiger partial charge in [-0.3, -0.25) is 0 Å². The molecule has 0 spiro atoms. The van der Waals surface area contributed by atoms with Crippen molar-refractivity contribution in [3.8, 4) is 0 Å². The lowest BCUT2D eigenvalue weighted by Crippen LogP contribution is -2.29. The molecule has 0 saturated heterocycles. The second-order valence-corrected chi connectivity index (χ2v) is 4.59. The van der Waals surface area contributed by atoms with E-state index in [0.29, 0.717) is 0 Å². The van der Waals surface area contributed by atoms with Crippen molar-refractivity contribution in [3.63, 3.8) is 0 Å². The monoisotopic (exact) mass is 331 g/mol. The maximum Gasteiger partial charge on any atom is 0.405 e. The van der Waals surface area contributed by atoms with E-state index >= 15 is 0 Å². The maximum atomic E-state index is 13.5. The number of hydrogen-bond acceptors (Lipinski definition) is 3. The molecule has 0 unspecified atom stereocenters. The fraction of sp³-hybridized carbons (Fsp3) is 0.267. The summed E-state index contributed by atoms with van der Waals surface area (Å²) in [6, 6.07) is 6.85. The van der Waals surface area contributed by atoms with Crippen molar-refractivity contribution in [3.05, 3.63) is 59.7 Å². The molecule has 3 N–H and O–H groups in total. The first-order chi connectivity index (χ1) is 10.7. The van der Waals surface area contributed by atoms with Crippen molar-refractivity contribution in [2.45, 2.75) is 19.7 Å². The number of rotatable bonds is 6. The van der Waals surface area contributed by atoms with Crippen LogP contribution in [0.2, 0.25) is 0 Å². The Morgan fingerprint density at radius 2 is 1.96 bits per heavy atom. The van der Waals surface area contributed by atoms with Crippen LogP contribution in [-0.2, 0) is 11.3 Å². The molecule has 1 aromatic carbocycles. The predicted octanol–water partition coefficient (Wildman–Crippen LogP) is 3.30. The first kappa shape index (κ1) is 18.5. The number of ether oxygens (including phenoxy) is 1. The summed E-state index contributed by atoms with van der Waals surface area (Å²) in [6.07, 6.45) is -3.81. The van der Waals surface area contributed by atoms with Crippen molar-refractivity contribution >= 4 is 6.02 Å². The molecular formula is C15H17F4N3O. The van der Waals surface area contributed by atoms with Gasteiger partial charge in [-0.25, -0.2) is 4.39 Å². The van der Waals surface area contributed by atoms with Crippen LogP contribution in [0.5, 0.6) is 0 Å². The van der Waals surface area contributed by atoms with Crippen molar-refractivity contribution in [1.82, 2.24) is 5.32 Å². The summed E-state index contributed by atoms with van der Waals surface area (Å²) in [4.78, 5) is 3.48. The lowest BCUT2D eigenvalue weighted by Gasteiger charge is -2.11. The lowest BCUT2D eigenvalue weighted by atomic mass is 10.2. The topological polar surface area (TPSA) is 59.6 Å². The van der Waals surface area contributed by atoms with E-state index in [1.165, 1.54) is 0 Å².